The van der Waals surface area contributed by atoms with E-state index in [0.29, 0.717) is 19.4 Å². The van der Waals surface area contributed by atoms with Gasteiger partial charge in [-0.25, -0.2) is 9.97 Å². The molecule has 11 heteroatoms. The van der Waals surface area contributed by atoms with Gasteiger partial charge in [0, 0.05) is 31.9 Å². The lowest BCUT2D eigenvalue weighted by Crippen LogP contribution is -2.42. The summed E-state index contributed by atoms with van der Waals surface area (Å²) < 4.78 is 0. The summed E-state index contributed by atoms with van der Waals surface area (Å²) in [6, 6.07) is 35.8. The predicted octanol–water partition coefficient (Wildman–Crippen LogP) is 9.37. The summed E-state index contributed by atoms with van der Waals surface area (Å²) in [4.78, 5) is 58.2. The number of amides is 3. The van der Waals surface area contributed by atoms with Gasteiger partial charge in [0.25, 0.3) is 0 Å². The Morgan fingerprint density at radius 3 is 1.76 bits per heavy atom. The van der Waals surface area contributed by atoms with Gasteiger partial charge >= 0.3 is 0 Å². The topological polar surface area (TPSA) is 98.7 Å². The molecular formula is C48H50N6O3S2. The van der Waals surface area contributed by atoms with Gasteiger partial charge in [-0.2, -0.15) is 0 Å². The SMILES string of the molecule is CN(C)CCCC(=O)N[C@@H](C(=O)N1CCC[C@H]1c1ncc(-c2ccc(-c3ccc(-c4cnc([C@@H]5CCCN5C(=O)Cc5ccccc5)s4)cc3)cc2)s1)c1ccccc1. The highest BCUT2D eigenvalue weighted by Crippen LogP contribution is 2.40. The Balaban J connectivity index is 0.908. The molecule has 0 radical (unpaired) electrons. The summed E-state index contributed by atoms with van der Waals surface area (Å²) in [5.74, 6) is -0.0412. The minimum absolute atomic E-state index is 0.0335. The van der Waals surface area contributed by atoms with Crippen LogP contribution in [0.3, 0.4) is 0 Å². The Morgan fingerprint density at radius 1 is 0.695 bits per heavy atom. The zero-order valence-electron chi connectivity index (χ0n) is 33.6. The van der Waals surface area contributed by atoms with Crippen LogP contribution in [0.15, 0.2) is 122 Å². The van der Waals surface area contributed by atoms with Crippen LogP contribution in [-0.2, 0) is 20.8 Å². The van der Waals surface area contributed by atoms with Crippen molar-refractivity contribution in [1.82, 2.24) is 30.0 Å². The van der Waals surface area contributed by atoms with Gasteiger partial charge in [0.15, 0.2) is 0 Å². The second-order valence-electron chi connectivity index (χ2n) is 15.7. The summed E-state index contributed by atoms with van der Waals surface area (Å²) in [6.07, 6.45) is 9.03. The Bertz CT molecular complexity index is 2340. The summed E-state index contributed by atoms with van der Waals surface area (Å²) in [6.45, 7) is 2.22. The van der Waals surface area contributed by atoms with Crippen molar-refractivity contribution in [2.24, 2.45) is 0 Å². The van der Waals surface area contributed by atoms with Crippen molar-refractivity contribution >= 4 is 40.4 Å². The molecule has 2 saturated heterocycles. The fourth-order valence-electron chi connectivity index (χ4n) is 8.17. The van der Waals surface area contributed by atoms with E-state index in [1.54, 1.807) is 22.7 Å². The lowest BCUT2D eigenvalue weighted by atomic mass is 10.0. The van der Waals surface area contributed by atoms with Crippen molar-refractivity contribution in [1.29, 1.82) is 0 Å². The van der Waals surface area contributed by atoms with Crippen LogP contribution < -0.4 is 5.32 Å². The van der Waals surface area contributed by atoms with Gasteiger partial charge in [0.05, 0.1) is 28.3 Å². The lowest BCUT2D eigenvalue weighted by Gasteiger charge is -2.28. The molecule has 9 nitrogen and oxygen atoms in total. The van der Waals surface area contributed by atoms with Crippen LogP contribution in [0.5, 0.6) is 0 Å². The van der Waals surface area contributed by atoms with Crippen LogP contribution in [0.2, 0.25) is 0 Å². The number of carbonyl (C=O) groups is 3. The molecule has 59 heavy (non-hydrogen) atoms. The van der Waals surface area contributed by atoms with Crippen LogP contribution in [0.25, 0.3) is 32.0 Å². The summed E-state index contributed by atoms with van der Waals surface area (Å²) in [5.41, 5.74) is 6.27. The van der Waals surface area contributed by atoms with Gasteiger partial charge in [-0.1, -0.05) is 109 Å². The van der Waals surface area contributed by atoms with E-state index < -0.39 is 6.04 Å². The highest BCUT2D eigenvalue weighted by atomic mass is 32.1. The zero-order valence-corrected chi connectivity index (χ0v) is 35.3. The van der Waals surface area contributed by atoms with E-state index in [9.17, 15) is 14.4 Å². The van der Waals surface area contributed by atoms with Crippen molar-refractivity contribution < 1.29 is 14.4 Å². The third-order valence-electron chi connectivity index (χ3n) is 11.3. The number of hydrogen-bond donors (Lipinski definition) is 1. The van der Waals surface area contributed by atoms with E-state index in [-0.39, 0.29) is 29.8 Å². The molecule has 8 rings (SSSR count). The Hall–Kier alpha value is -5.49. The van der Waals surface area contributed by atoms with Crippen molar-refractivity contribution in [2.75, 3.05) is 33.7 Å². The van der Waals surface area contributed by atoms with Gasteiger partial charge in [-0.3, -0.25) is 14.4 Å². The highest BCUT2D eigenvalue weighted by Gasteiger charge is 2.37. The molecule has 4 heterocycles. The summed E-state index contributed by atoms with van der Waals surface area (Å²) in [5, 5.41) is 4.98. The molecule has 3 amide bonds. The number of hydrogen-bond acceptors (Lipinski definition) is 8. The standard InChI is InChI=1S/C48H50N6O3S2/c1-52(2)27-11-18-43(55)51-45(38-14-7-4-8-15-38)48(57)54-29-10-17-40(54)47-50-32-42(59-47)37-25-21-35(22-26-37)34-19-23-36(24-20-34)41-31-49-46(58-41)39-16-9-28-53(39)44(56)30-33-12-5-3-6-13-33/h3-8,12-15,19-26,31-32,39-40,45H,9-11,16-18,27-30H2,1-2H3,(H,51,55)/t39-,40-,45+/m0/s1. The molecule has 0 unspecified atom stereocenters. The lowest BCUT2D eigenvalue weighted by molar-refractivity contribution is -0.137. The number of aromatic nitrogens is 2. The maximum absolute atomic E-state index is 14.2. The monoisotopic (exact) mass is 822 g/mol. The van der Waals surface area contributed by atoms with Crippen LogP contribution in [0.1, 0.15) is 77.8 Å². The third kappa shape index (κ3) is 9.54. The smallest absolute Gasteiger partial charge is 0.250 e. The van der Waals surface area contributed by atoms with Gasteiger partial charge in [-0.05, 0) is 86.1 Å². The maximum atomic E-state index is 14.2. The molecule has 0 saturated carbocycles. The normalized spacial score (nSPS) is 17.1. The molecular weight excluding hydrogens is 773 g/mol. The van der Waals surface area contributed by atoms with E-state index >= 15 is 0 Å². The van der Waals surface area contributed by atoms with Crippen molar-refractivity contribution in [3.05, 3.63) is 143 Å². The molecule has 302 valence electrons. The average Bonchev–Trinajstić information content (AvgIpc) is 4.11. The second kappa shape index (κ2) is 18.6. The number of carbonyl (C=O) groups excluding carboxylic acids is 3. The van der Waals surface area contributed by atoms with Crippen LogP contribution >= 0.6 is 22.7 Å². The minimum atomic E-state index is -0.741. The van der Waals surface area contributed by atoms with Crippen molar-refractivity contribution in [3.63, 3.8) is 0 Å². The Kier molecular flexibility index (Phi) is 12.7. The quantitative estimate of drug-likeness (QED) is 0.118. The molecule has 2 aliphatic rings. The largest absolute Gasteiger partial charge is 0.341 e. The second-order valence-corrected chi connectivity index (χ2v) is 17.8. The fraction of sp³-hybridized carbons (Fsp3) is 0.312. The molecule has 2 aromatic heterocycles. The molecule has 6 aromatic rings. The van der Waals surface area contributed by atoms with Gasteiger partial charge in [-0.15, -0.1) is 22.7 Å². The fourth-order valence-corrected chi connectivity index (χ4v) is 10.3. The predicted molar refractivity (Wildman–Crippen MR) is 237 cm³/mol. The van der Waals surface area contributed by atoms with Crippen LogP contribution in [0, 0.1) is 0 Å². The molecule has 2 fully saturated rings. The molecule has 3 atom stereocenters. The zero-order chi connectivity index (χ0) is 40.7. The third-order valence-corrected chi connectivity index (χ3v) is 13.6. The molecule has 2 aliphatic heterocycles. The number of nitrogens with one attached hydrogen (secondary N) is 1. The van der Waals surface area contributed by atoms with Gasteiger partial charge in [0.1, 0.15) is 16.1 Å². The molecule has 0 spiro atoms. The summed E-state index contributed by atoms with van der Waals surface area (Å²) in [7, 11) is 3.98. The highest BCUT2D eigenvalue weighted by molar-refractivity contribution is 7.15. The number of nitrogens with zero attached hydrogens (tertiary/aromatic N) is 5. The Morgan fingerprint density at radius 2 is 1.20 bits per heavy atom. The van der Waals surface area contributed by atoms with E-state index in [0.717, 1.165) is 98.3 Å². The van der Waals surface area contributed by atoms with Crippen LogP contribution in [-0.4, -0.2) is 76.1 Å². The van der Waals surface area contributed by atoms with Gasteiger partial charge < -0.3 is 20.0 Å². The first-order valence-electron chi connectivity index (χ1n) is 20.6. The van der Waals surface area contributed by atoms with Crippen molar-refractivity contribution in [2.45, 2.75) is 63.1 Å². The van der Waals surface area contributed by atoms with Crippen LogP contribution in [0.4, 0.5) is 0 Å². The molecule has 0 bridgehead atoms. The molecule has 0 aliphatic carbocycles. The number of likely N-dealkylation sites (tertiary alicyclic amines) is 2. The van der Waals surface area contributed by atoms with E-state index in [1.807, 2.05) is 97.0 Å². The van der Waals surface area contributed by atoms with E-state index in [2.05, 4.69) is 58.7 Å². The Labute approximate surface area is 354 Å². The minimum Gasteiger partial charge on any atom is -0.341 e. The first-order chi connectivity index (χ1) is 28.8. The van der Waals surface area contributed by atoms with Crippen molar-refractivity contribution in [3.8, 4) is 32.0 Å². The number of rotatable bonds is 14. The molecule has 1 N–H and O–H groups in total. The van der Waals surface area contributed by atoms with Gasteiger partial charge in [0.2, 0.25) is 17.7 Å². The molecule has 4 aromatic carbocycles. The van der Waals surface area contributed by atoms with E-state index in [4.69, 9.17) is 9.97 Å². The first kappa shape index (κ1) is 40.3. The first-order valence-corrected chi connectivity index (χ1v) is 22.2. The number of thiazole rings is 2. The summed E-state index contributed by atoms with van der Waals surface area (Å²) >= 11 is 3.31. The average molecular weight is 823 g/mol. The maximum Gasteiger partial charge on any atom is 0.250 e. The van der Waals surface area contributed by atoms with E-state index in [1.165, 1.54) is 0 Å². The number of benzene rings is 4.